The Labute approximate surface area is 158 Å². The van der Waals surface area contributed by atoms with Gasteiger partial charge in [0.1, 0.15) is 0 Å². The number of thiophene rings is 1. The van der Waals surface area contributed by atoms with Crippen LogP contribution in [0.3, 0.4) is 0 Å². The lowest BCUT2D eigenvalue weighted by atomic mass is 10.3. The van der Waals surface area contributed by atoms with Gasteiger partial charge < -0.3 is 10.1 Å². The highest BCUT2D eigenvalue weighted by Gasteiger charge is 2.14. The van der Waals surface area contributed by atoms with Gasteiger partial charge in [0, 0.05) is 30.4 Å². The van der Waals surface area contributed by atoms with Crippen LogP contribution in [0.15, 0.2) is 48.9 Å². The van der Waals surface area contributed by atoms with Gasteiger partial charge in [0.15, 0.2) is 12.4 Å². The molecule has 27 heavy (non-hydrogen) atoms. The van der Waals surface area contributed by atoms with Crippen molar-refractivity contribution in [2.24, 2.45) is 0 Å². The molecule has 0 aliphatic heterocycles. The number of esters is 1. The molecule has 0 fully saturated rings. The lowest BCUT2D eigenvalue weighted by molar-refractivity contribution is -0.119. The minimum Gasteiger partial charge on any atom is -0.454 e. The molecule has 0 saturated carbocycles. The van der Waals surface area contributed by atoms with Crippen molar-refractivity contribution >= 4 is 29.0 Å². The van der Waals surface area contributed by atoms with E-state index in [1.54, 1.807) is 47.4 Å². The Morgan fingerprint density at radius 3 is 2.74 bits per heavy atom. The van der Waals surface area contributed by atoms with Gasteiger partial charge in [-0.2, -0.15) is 5.10 Å². The first-order valence-corrected chi connectivity index (χ1v) is 8.84. The second kappa shape index (κ2) is 8.37. The van der Waals surface area contributed by atoms with E-state index in [0.29, 0.717) is 17.2 Å². The van der Waals surface area contributed by atoms with Crippen LogP contribution in [-0.2, 0) is 16.1 Å². The Morgan fingerprint density at radius 1 is 1.22 bits per heavy atom. The molecule has 0 aromatic carbocycles. The molecule has 0 bridgehead atoms. The zero-order valence-corrected chi connectivity index (χ0v) is 15.2. The van der Waals surface area contributed by atoms with Crippen molar-refractivity contribution in [1.29, 1.82) is 0 Å². The minimum absolute atomic E-state index is 0.141. The molecule has 3 aromatic rings. The van der Waals surface area contributed by atoms with Crippen molar-refractivity contribution in [3.05, 3.63) is 64.2 Å². The molecule has 1 amide bonds. The summed E-state index contributed by atoms with van der Waals surface area (Å²) >= 11 is 1.25. The second-order valence-electron chi connectivity index (χ2n) is 5.53. The number of hydrogen-bond donors (Lipinski definition) is 1. The van der Waals surface area contributed by atoms with E-state index < -0.39 is 5.97 Å². The molecule has 0 radical (unpaired) electrons. The lowest BCUT2D eigenvalue weighted by Crippen LogP contribution is -2.18. The lowest BCUT2D eigenvalue weighted by Gasteiger charge is -2.04. The summed E-state index contributed by atoms with van der Waals surface area (Å²) in [6.45, 7) is 1.43. The summed E-state index contributed by atoms with van der Waals surface area (Å²) in [6.07, 6.45) is 4.74. The van der Waals surface area contributed by atoms with E-state index in [9.17, 15) is 14.4 Å². The third-order valence-electron chi connectivity index (χ3n) is 3.51. The van der Waals surface area contributed by atoms with Gasteiger partial charge in [-0.25, -0.2) is 14.5 Å². The van der Waals surface area contributed by atoms with Gasteiger partial charge in [-0.1, -0.05) is 0 Å². The summed E-state index contributed by atoms with van der Waals surface area (Å²) in [5.74, 6) is -0.503. The fourth-order valence-corrected chi connectivity index (χ4v) is 3.04. The maximum Gasteiger partial charge on any atom is 0.340 e. The van der Waals surface area contributed by atoms with Gasteiger partial charge >= 0.3 is 5.97 Å². The molecular weight excluding hydrogens is 368 g/mol. The number of nitrogens with zero attached hydrogens (tertiary/aromatic N) is 3. The number of pyridine rings is 1. The first kappa shape index (κ1) is 18.5. The number of hydrogen-bond acceptors (Lipinski definition) is 7. The van der Waals surface area contributed by atoms with Gasteiger partial charge in [0.25, 0.3) is 0 Å². The average Bonchev–Trinajstić information content (AvgIpc) is 3.36. The molecule has 3 heterocycles. The quantitative estimate of drug-likeness (QED) is 0.494. The zero-order chi connectivity index (χ0) is 19.2. The molecule has 0 unspecified atom stereocenters. The number of carbonyl (C=O) groups is 3. The molecule has 1 N–H and O–H groups in total. The fraction of sp³-hybridized carbons (Fsp3) is 0.167. The summed E-state index contributed by atoms with van der Waals surface area (Å²) in [6, 6.07) is 8.38. The average molecular weight is 384 g/mol. The smallest absolute Gasteiger partial charge is 0.340 e. The van der Waals surface area contributed by atoms with Crippen LogP contribution in [0.1, 0.15) is 31.8 Å². The largest absolute Gasteiger partial charge is 0.454 e. The van der Waals surface area contributed by atoms with Crippen molar-refractivity contribution < 1.29 is 19.1 Å². The number of Topliss-reactive ketones (excluding diaryl/α,β-unsaturated/α-hetero) is 1. The van der Waals surface area contributed by atoms with Gasteiger partial charge in [0.05, 0.1) is 17.0 Å². The molecule has 0 aliphatic rings. The van der Waals surface area contributed by atoms with E-state index in [0.717, 1.165) is 4.88 Å². The van der Waals surface area contributed by atoms with Crippen LogP contribution in [-0.4, -0.2) is 39.0 Å². The molecular formula is C18H16N4O4S. The van der Waals surface area contributed by atoms with E-state index in [-0.39, 0.29) is 23.9 Å². The first-order chi connectivity index (χ1) is 13.0. The van der Waals surface area contributed by atoms with E-state index in [4.69, 9.17) is 4.74 Å². The van der Waals surface area contributed by atoms with Crippen molar-refractivity contribution in [2.45, 2.75) is 13.5 Å². The standard InChI is InChI=1S/C18H16N4O4S/c1-12(23)19-10-14-4-5-16(27-14)15(24)11-26-18(25)13-3-6-17(20-9-13)22-8-2-7-21-22/h2-9H,10-11H2,1H3,(H,19,23). The van der Waals surface area contributed by atoms with E-state index in [1.165, 1.54) is 24.5 Å². The Morgan fingerprint density at radius 2 is 2.07 bits per heavy atom. The van der Waals surface area contributed by atoms with Crippen LogP contribution in [0.4, 0.5) is 0 Å². The maximum absolute atomic E-state index is 12.2. The Hall–Kier alpha value is -3.33. The monoisotopic (exact) mass is 384 g/mol. The summed E-state index contributed by atoms with van der Waals surface area (Å²) in [5.41, 5.74) is 0.247. The number of rotatable bonds is 7. The number of ether oxygens (including phenoxy) is 1. The van der Waals surface area contributed by atoms with Crippen molar-refractivity contribution in [3.8, 4) is 5.82 Å². The van der Waals surface area contributed by atoms with Gasteiger partial charge in [0.2, 0.25) is 11.7 Å². The normalized spacial score (nSPS) is 10.4. The van der Waals surface area contributed by atoms with Crippen LogP contribution < -0.4 is 5.32 Å². The molecule has 9 heteroatoms. The number of aromatic nitrogens is 3. The number of carbonyl (C=O) groups excluding carboxylic acids is 3. The number of nitrogens with one attached hydrogen (secondary N) is 1. The highest BCUT2D eigenvalue weighted by Crippen LogP contribution is 2.17. The highest BCUT2D eigenvalue weighted by molar-refractivity contribution is 7.14. The van der Waals surface area contributed by atoms with E-state index in [2.05, 4.69) is 15.4 Å². The first-order valence-electron chi connectivity index (χ1n) is 8.02. The zero-order valence-electron chi connectivity index (χ0n) is 14.4. The van der Waals surface area contributed by atoms with Crippen molar-refractivity contribution in [2.75, 3.05) is 6.61 Å². The third-order valence-corrected chi connectivity index (χ3v) is 4.63. The summed E-state index contributed by atoms with van der Waals surface area (Å²) < 4.78 is 6.63. The van der Waals surface area contributed by atoms with Gasteiger partial charge in [-0.05, 0) is 30.3 Å². The molecule has 8 nitrogen and oxygen atoms in total. The predicted octanol–water partition coefficient (Wildman–Crippen LogP) is 2.00. The van der Waals surface area contributed by atoms with Gasteiger partial charge in [-0.15, -0.1) is 11.3 Å². The fourth-order valence-electron chi connectivity index (χ4n) is 2.17. The Kier molecular flexibility index (Phi) is 5.72. The van der Waals surface area contributed by atoms with E-state index in [1.807, 2.05) is 0 Å². The molecule has 3 rings (SSSR count). The van der Waals surface area contributed by atoms with Crippen LogP contribution in [0, 0.1) is 0 Å². The molecule has 3 aromatic heterocycles. The minimum atomic E-state index is -0.627. The topological polar surface area (TPSA) is 103 Å². The molecule has 0 aliphatic carbocycles. The van der Waals surface area contributed by atoms with E-state index >= 15 is 0 Å². The van der Waals surface area contributed by atoms with Crippen LogP contribution in [0.2, 0.25) is 0 Å². The summed E-state index contributed by atoms with van der Waals surface area (Å²) in [5, 5.41) is 6.71. The molecule has 0 saturated heterocycles. The SMILES string of the molecule is CC(=O)NCc1ccc(C(=O)COC(=O)c2ccc(-n3cccn3)nc2)s1. The Bertz CT molecular complexity index is 948. The maximum atomic E-state index is 12.2. The number of amides is 1. The van der Waals surface area contributed by atoms with Crippen molar-refractivity contribution in [3.63, 3.8) is 0 Å². The summed E-state index contributed by atoms with van der Waals surface area (Å²) in [4.78, 5) is 40.6. The predicted molar refractivity (Wildman–Crippen MR) is 97.8 cm³/mol. The molecule has 0 spiro atoms. The highest BCUT2D eigenvalue weighted by atomic mass is 32.1. The second-order valence-corrected chi connectivity index (χ2v) is 6.70. The van der Waals surface area contributed by atoms with Crippen LogP contribution in [0.25, 0.3) is 5.82 Å². The van der Waals surface area contributed by atoms with Gasteiger partial charge in [-0.3, -0.25) is 9.59 Å². The van der Waals surface area contributed by atoms with Crippen LogP contribution in [0.5, 0.6) is 0 Å². The number of ketones is 1. The van der Waals surface area contributed by atoms with Crippen LogP contribution >= 0.6 is 11.3 Å². The molecule has 0 atom stereocenters. The Balaban J connectivity index is 1.54. The summed E-state index contributed by atoms with van der Waals surface area (Å²) in [7, 11) is 0. The molecule has 138 valence electrons. The van der Waals surface area contributed by atoms with Crippen molar-refractivity contribution in [1.82, 2.24) is 20.1 Å². The third kappa shape index (κ3) is 4.85.